The van der Waals surface area contributed by atoms with E-state index in [1.807, 2.05) is 31.2 Å². The zero-order valence-corrected chi connectivity index (χ0v) is 20.7. The molecule has 0 aromatic heterocycles. The highest BCUT2D eigenvalue weighted by Crippen LogP contribution is 2.29. The number of rotatable bonds is 10. The Kier molecular flexibility index (Phi) is 10.6. The Labute approximate surface area is 196 Å². The number of fused-ring (bicyclic) bond motifs is 1. The number of benzene rings is 1. The molecule has 2 N–H and O–H groups in total. The first-order chi connectivity index (χ1) is 14.1. The zero-order chi connectivity index (χ0) is 20.5. The average molecular weight is 552 g/mol. The molecule has 3 rings (SSSR count). The van der Waals surface area contributed by atoms with E-state index >= 15 is 0 Å². The highest BCUT2D eigenvalue weighted by Gasteiger charge is 2.28. The molecular formula is C20H33IN4O4S. The minimum Gasteiger partial charge on any atom is -0.379 e. The summed E-state index contributed by atoms with van der Waals surface area (Å²) >= 11 is 0. The minimum absolute atomic E-state index is 0. The first-order valence-corrected chi connectivity index (χ1v) is 12.0. The van der Waals surface area contributed by atoms with Gasteiger partial charge in [0.15, 0.2) is 5.96 Å². The van der Waals surface area contributed by atoms with Crippen LogP contribution in [0.15, 0.2) is 29.3 Å². The molecule has 0 spiro atoms. The molecule has 10 heteroatoms. The number of nitrogens with zero attached hydrogens (tertiary/aromatic N) is 2. The van der Waals surface area contributed by atoms with Crippen LogP contribution in [0.3, 0.4) is 0 Å². The summed E-state index contributed by atoms with van der Waals surface area (Å²) in [5.74, 6) is 0.657. The van der Waals surface area contributed by atoms with Gasteiger partial charge in [0.2, 0.25) is 10.0 Å². The predicted molar refractivity (Wildman–Crippen MR) is 130 cm³/mol. The van der Waals surface area contributed by atoms with E-state index in [1.54, 1.807) is 0 Å². The highest BCUT2D eigenvalue weighted by atomic mass is 127. The van der Waals surface area contributed by atoms with E-state index in [4.69, 9.17) is 9.47 Å². The lowest BCUT2D eigenvalue weighted by Crippen LogP contribution is -2.42. The first kappa shape index (κ1) is 25.2. The van der Waals surface area contributed by atoms with Gasteiger partial charge in [0, 0.05) is 39.4 Å². The summed E-state index contributed by atoms with van der Waals surface area (Å²) in [6, 6.07) is 7.69. The summed E-state index contributed by atoms with van der Waals surface area (Å²) in [5, 5.41) is 6.28. The number of hydrogen-bond donors (Lipinski definition) is 2. The van der Waals surface area contributed by atoms with Crippen LogP contribution in [0, 0.1) is 0 Å². The van der Waals surface area contributed by atoms with Gasteiger partial charge in [-0.25, -0.2) is 8.42 Å². The summed E-state index contributed by atoms with van der Waals surface area (Å²) in [4.78, 5) is 4.51. The number of nitrogens with one attached hydrogen (secondary N) is 2. The molecule has 0 saturated carbocycles. The van der Waals surface area contributed by atoms with E-state index in [9.17, 15) is 8.42 Å². The third kappa shape index (κ3) is 7.24. The third-order valence-electron chi connectivity index (χ3n) is 4.99. The van der Waals surface area contributed by atoms with Crippen LogP contribution in [0.4, 0.5) is 5.69 Å². The summed E-state index contributed by atoms with van der Waals surface area (Å²) in [7, 11) is -3.37. The zero-order valence-electron chi connectivity index (χ0n) is 17.5. The monoisotopic (exact) mass is 552 g/mol. The van der Waals surface area contributed by atoms with Gasteiger partial charge < -0.3 is 20.1 Å². The number of para-hydroxylation sites is 1. The lowest BCUT2D eigenvalue weighted by Gasteiger charge is -2.20. The predicted octanol–water partition coefficient (Wildman–Crippen LogP) is 1.75. The summed E-state index contributed by atoms with van der Waals surface area (Å²) in [5.41, 5.74) is 1.89. The van der Waals surface area contributed by atoms with E-state index in [2.05, 4.69) is 15.6 Å². The van der Waals surface area contributed by atoms with Crippen LogP contribution >= 0.6 is 24.0 Å². The van der Waals surface area contributed by atoms with Gasteiger partial charge in [-0.15, -0.1) is 24.0 Å². The highest BCUT2D eigenvalue weighted by molar-refractivity contribution is 14.0. The lowest BCUT2D eigenvalue weighted by atomic mass is 10.2. The molecule has 0 bridgehead atoms. The Morgan fingerprint density at radius 2 is 2.17 bits per heavy atom. The fourth-order valence-electron chi connectivity index (χ4n) is 3.50. The number of hydrogen-bond acceptors (Lipinski definition) is 5. The van der Waals surface area contributed by atoms with Crippen LogP contribution < -0.4 is 14.9 Å². The van der Waals surface area contributed by atoms with Crippen molar-refractivity contribution in [2.75, 3.05) is 56.1 Å². The number of guanidine groups is 1. The molecule has 1 aromatic rings. The third-order valence-corrected chi connectivity index (χ3v) is 6.76. The molecule has 30 heavy (non-hydrogen) atoms. The average Bonchev–Trinajstić information content (AvgIpc) is 3.37. The van der Waals surface area contributed by atoms with Crippen LogP contribution in [0.25, 0.3) is 0 Å². The van der Waals surface area contributed by atoms with Gasteiger partial charge in [-0.1, -0.05) is 18.2 Å². The molecule has 1 saturated heterocycles. The molecular weight excluding hydrogens is 519 g/mol. The Morgan fingerprint density at radius 1 is 1.33 bits per heavy atom. The van der Waals surface area contributed by atoms with Gasteiger partial charge in [0.1, 0.15) is 0 Å². The van der Waals surface area contributed by atoms with Crippen molar-refractivity contribution in [2.24, 2.45) is 4.99 Å². The van der Waals surface area contributed by atoms with Crippen molar-refractivity contribution in [3.8, 4) is 0 Å². The summed E-state index contributed by atoms with van der Waals surface area (Å²) < 4.78 is 38.1. The van der Waals surface area contributed by atoms with E-state index in [1.165, 1.54) is 4.31 Å². The van der Waals surface area contributed by atoms with Gasteiger partial charge >= 0.3 is 0 Å². The van der Waals surface area contributed by atoms with Gasteiger partial charge in [-0.2, -0.15) is 0 Å². The maximum absolute atomic E-state index is 12.8. The molecule has 1 unspecified atom stereocenters. The van der Waals surface area contributed by atoms with Crippen molar-refractivity contribution in [1.29, 1.82) is 0 Å². The van der Waals surface area contributed by atoms with Crippen LogP contribution in [0.1, 0.15) is 25.3 Å². The van der Waals surface area contributed by atoms with E-state index in [0.29, 0.717) is 45.4 Å². The fourth-order valence-corrected chi connectivity index (χ4v) is 4.92. The van der Waals surface area contributed by atoms with E-state index in [-0.39, 0.29) is 35.8 Å². The number of sulfonamides is 1. The molecule has 0 aliphatic carbocycles. The van der Waals surface area contributed by atoms with Crippen molar-refractivity contribution in [3.05, 3.63) is 29.8 Å². The normalized spacial score (nSPS) is 18.8. The van der Waals surface area contributed by atoms with Crippen LogP contribution in [0.2, 0.25) is 0 Å². The number of halogens is 1. The Morgan fingerprint density at radius 3 is 2.93 bits per heavy atom. The Balaban J connectivity index is 0.00000320. The number of anilines is 1. The summed E-state index contributed by atoms with van der Waals surface area (Å²) in [6.07, 6.45) is 2.76. The molecule has 1 atom stereocenters. The van der Waals surface area contributed by atoms with Crippen LogP contribution in [-0.2, 0) is 25.9 Å². The first-order valence-electron chi connectivity index (χ1n) is 10.4. The van der Waals surface area contributed by atoms with Crippen molar-refractivity contribution in [1.82, 2.24) is 10.6 Å². The molecule has 2 aliphatic rings. The molecule has 1 fully saturated rings. The molecule has 8 nitrogen and oxygen atoms in total. The number of ether oxygens (including phenoxy) is 2. The van der Waals surface area contributed by atoms with Crippen molar-refractivity contribution >= 4 is 45.6 Å². The quantitative estimate of drug-likeness (QED) is 0.199. The maximum atomic E-state index is 12.8. The second kappa shape index (κ2) is 12.7. The summed E-state index contributed by atoms with van der Waals surface area (Å²) in [6.45, 7) is 6.26. The van der Waals surface area contributed by atoms with Gasteiger partial charge in [0.05, 0.1) is 24.2 Å². The lowest BCUT2D eigenvalue weighted by molar-refractivity contribution is 0.0424. The van der Waals surface area contributed by atoms with E-state index in [0.717, 1.165) is 37.1 Å². The topological polar surface area (TPSA) is 92.3 Å². The Bertz CT molecular complexity index is 785. The van der Waals surface area contributed by atoms with E-state index < -0.39 is 10.0 Å². The minimum atomic E-state index is -3.37. The smallest absolute Gasteiger partial charge is 0.236 e. The van der Waals surface area contributed by atoms with Crippen molar-refractivity contribution < 1.29 is 17.9 Å². The van der Waals surface area contributed by atoms with Gasteiger partial charge in [-0.05, 0) is 37.8 Å². The van der Waals surface area contributed by atoms with Crippen molar-refractivity contribution in [3.63, 3.8) is 0 Å². The molecule has 0 amide bonds. The Hall–Kier alpha value is -1.11. The second-order valence-corrected chi connectivity index (χ2v) is 9.18. The van der Waals surface area contributed by atoms with Crippen LogP contribution in [0.5, 0.6) is 0 Å². The number of aliphatic imine (C=N–C) groups is 1. The molecule has 2 heterocycles. The van der Waals surface area contributed by atoms with Gasteiger partial charge in [0.25, 0.3) is 0 Å². The molecule has 0 radical (unpaired) electrons. The molecule has 170 valence electrons. The second-order valence-electron chi connectivity index (χ2n) is 7.16. The van der Waals surface area contributed by atoms with Crippen molar-refractivity contribution in [2.45, 2.75) is 32.3 Å². The molecule has 2 aliphatic heterocycles. The standard InChI is InChI=1S/C20H32N4O4S.HI/c1-2-21-20(22-10-5-13-28-18-9-14-27-16-18)23-11-15-29(25,26)24-12-8-17-6-3-4-7-19(17)24;/h3-4,6-7,18H,2,5,8-16H2,1H3,(H2,21,22,23);1H. The fraction of sp³-hybridized carbons (Fsp3) is 0.650. The van der Waals surface area contributed by atoms with Gasteiger partial charge in [-0.3, -0.25) is 9.30 Å². The SMILES string of the molecule is CCNC(=NCCCOC1CCOC1)NCCS(=O)(=O)N1CCc2ccccc21.I. The maximum Gasteiger partial charge on any atom is 0.236 e. The largest absolute Gasteiger partial charge is 0.379 e. The van der Waals surface area contributed by atoms with Crippen LogP contribution in [-0.4, -0.2) is 72.2 Å². The molecule has 1 aromatic carbocycles.